The summed E-state index contributed by atoms with van der Waals surface area (Å²) in [5.74, 6) is 0.241. The van der Waals surface area contributed by atoms with Gasteiger partial charge in [-0.15, -0.1) is 0 Å². The topological polar surface area (TPSA) is 41.1 Å². The highest BCUT2D eigenvalue weighted by atomic mass is 16.1. The van der Waals surface area contributed by atoms with E-state index in [1.807, 2.05) is 0 Å². The molecule has 0 aromatic carbocycles. The predicted molar refractivity (Wildman–Crippen MR) is 46.8 cm³/mol. The first kappa shape index (κ1) is 8.05. The van der Waals surface area contributed by atoms with E-state index < -0.39 is 0 Å². The Labute approximate surface area is 72.9 Å². The molecule has 2 aliphatic rings. The molecule has 0 aliphatic carbocycles. The Morgan fingerprint density at radius 2 is 2.08 bits per heavy atom. The molecular formula is C9H16N2O. The van der Waals surface area contributed by atoms with E-state index in [-0.39, 0.29) is 11.4 Å². The van der Waals surface area contributed by atoms with E-state index in [1.54, 1.807) is 0 Å². The van der Waals surface area contributed by atoms with Gasteiger partial charge in [-0.3, -0.25) is 4.79 Å². The van der Waals surface area contributed by atoms with Crippen LogP contribution < -0.4 is 10.6 Å². The van der Waals surface area contributed by atoms with Crippen molar-refractivity contribution in [3.8, 4) is 0 Å². The molecule has 2 aliphatic heterocycles. The monoisotopic (exact) mass is 168 g/mol. The Bertz CT molecular complexity index is 179. The van der Waals surface area contributed by atoms with Crippen LogP contribution in [0, 0.1) is 0 Å². The number of rotatable bonds is 0. The number of hydrogen-bond acceptors (Lipinski definition) is 2. The van der Waals surface area contributed by atoms with Crippen molar-refractivity contribution in [2.75, 3.05) is 13.1 Å². The van der Waals surface area contributed by atoms with Gasteiger partial charge in [-0.05, 0) is 32.2 Å². The fourth-order valence-electron chi connectivity index (χ4n) is 2.30. The van der Waals surface area contributed by atoms with E-state index in [9.17, 15) is 4.79 Å². The third-order valence-electron chi connectivity index (χ3n) is 2.94. The van der Waals surface area contributed by atoms with Gasteiger partial charge in [-0.2, -0.15) is 0 Å². The summed E-state index contributed by atoms with van der Waals surface area (Å²) in [5.41, 5.74) is 0.119. The van der Waals surface area contributed by atoms with Crippen LogP contribution >= 0.6 is 0 Å². The molecule has 3 heteroatoms. The fourth-order valence-corrected chi connectivity index (χ4v) is 2.30. The first-order chi connectivity index (χ1) is 5.81. The number of carbonyl (C=O) groups is 1. The number of hydrogen-bond donors (Lipinski definition) is 2. The van der Waals surface area contributed by atoms with E-state index in [0.29, 0.717) is 0 Å². The van der Waals surface area contributed by atoms with Crippen molar-refractivity contribution in [2.24, 2.45) is 0 Å². The van der Waals surface area contributed by atoms with Crippen molar-refractivity contribution < 1.29 is 4.79 Å². The molecule has 2 saturated heterocycles. The zero-order valence-electron chi connectivity index (χ0n) is 7.36. The van der Waals surface area contributed by atoms with Gasteiger partial charge in [-0.1, -0.05) is 0 Å². The third-order valence-corrected chi connectivity index (χ3v) is 2.94. The van der Waals surface area contributed by atoms with E-state index in [2.05, 4.69) is 10.6 Å². The molecule has 2 rings (SSSR count). The summed E-state index contributed by atoms with van der Waals surface area (Å²) < 4.78 is 0. The van der Waals surface area contributed by atoms with Gasteiger partial charge >= 0.3 is 0 Å². The minimum Gasteiger partial charge on any atom is -0.349 e. The molecule has 2 heterocycles. The lowest BCUT2D eigenvalue weighted by molar-refractivity contribution is -0.125. The Morgan fingerprint density at radius 3 is 2.75 bits per heavy atom. The molecule has 2 N–H and O–H groups in total. The van der Waals surface area contributed by atoms with E-state index >= 15 is 0 Å². The van der Waals surface area contributed by atoms with Crippen LogP contribution in [0.5, 0.6) is 0 Å². The Morgan fingerprint density at radius 1 is 1.25 bits per heavy atom. The van der Waals surface area contributed by atoms with Crippen LogP contribution in [0.4, 0.5) is 0 Å². The van der Waals surface area contributed by atoms with Crippen LogP contribution in [0.15, 0.2) is 0 Å². The lowest BCUT2D eigenvalue weighted by atomic mass is 9.82. The summed E-state index contributed by atoms with van der Waals surface area (Å²) in [6.07, 6.45) is 5.30. The lowest BCUT2D eigenvalue weighted by Crippen LogP contribution is -2.59. The van der Waals surface area contributed by atoms with Crippen molar-refractivity contribution in [3.05, 3.63) is 0 Å². The molecule has 68 valence electrons. The van der Waals surface area contributed by atoms with Crippen LogP contribution in [-0.2, 0) is 4.79 Å². The van der Waals surface area contributed by atoms with Gasteiger partial charge in [-0.25, -0.2) is 0 Å². The zero-order chi connectivity index (χ0) is 8.44. The van der Waals surface area contributed by atoms with E-state index in [4.69, 9.17) is 0 Å². The molecule has 2 fully saturated rings. The molecule has 0 aromatic heterocycles. The first-order valence-corrected chi connectivity index (χ1v) is 4.83. The van der Waals surface area contributed by atoms with Crippen molar-refractivity contribution in [1.29, 1.82) is 0 Å². The maximum Gasteiger partial charge on any atom is 0.220 e. The third kappa shape index (κ3) is 1.46. The fraction of sp³-hybridized carbons (Fsp3) is 0.889. The van der Waals surface area contributed by atoms with E-state index in [1.165, 1.54) is 6.42 Å². The summed E-state index contributed by atoms with van der Waals surface area (Å²) in [6, 6.07) is 0. The molecule has 12 heavy (non-hydrogen) atoms. The van der Waals surface area contributed by atoms with Crippen LogP contribution in [0.25, 0.3) is 0 Å². The van der Waals surface area contributed by atoms with Gasteiger partial charge in [0.25, 0.3) is 0 Å². The molecule has 0 radical (unpaired) electrons. The van der Waals surface area contributed by atoms with Crippen molar-refractivity contribution in [3.63, 3.8) is 0 Å². The smallest absolute Gasteiger partial charge is 0.220 e. The van der Waals surface area contributed by atoms with E-state index in [0.717, 1.165) is 38.8 Å². The van der Waals surface area contributed by atoms with Crippen LogP contribution in [0.2, 0.25) is 0 Å². The van der Waals surface area contributed by atoms with Gasteiger partial charge < -0.3 is 10.6 Å². The first-order valence-electron chi connectivity index (χ1n) is 4.83. The van der Waals surface area contributed by atoms with Crippen LogP contribution in [-0.4, -0.2) is 24.5 Å². The lowest BCUT2D eigenvalue weighted by Gasteiger charge is -2.41. The molecule has 1 unspecified atom stereocenters. The number of nitrogens with one attached hydrogen (secondary N) is 2. The predicted octanol–water partition coefficient (Wildman–Crippen LogP) is 0.409. The normalized spacial score (nSPS) is 36.5. The van der Waals surface area contributed by atoms with Gasteiger partial charge in [0.15, 0.2) is 0 Å². The molecule has 1 atom stereocenters. The molecule has 1 amide bonds. The number of carbonyl (C=O) groups excluding carboxylic acids is 1. The average Bonchev–Trinajstić information content (AvgIpc) is 2.05. The average molecular weight is 168 g/mol. The van der Waals surface area contributed by atoms with Crippen molar-refractivity contribution >= 4 is 5.91 Å². The minimum absolute atomic E-state index is 0.119. The Kier molecular flexibility index (Phi) is 2.05. The maximum atomic E-state index is 11.2. The molecule has 0 aromatic rings. The van der Waals surface area contributed by atoms with Gasteiger partial charge in [0.2, 0.25) is 5.91 Å². The number of piperidine rings is 2. The maximum absolute atomic E-state index is 11.2. The highest BCUT2D eigenvalue weighted by Gasteiger charge is 2.35. The molecule has 0 bridgehead atoms. The standard InChI is InChI=1S/C9H16N2O/c12-8-3-1-4-9(11-8)5-2-6-10-7-9/h10H,1-7H2,(H,11,12). The summed E-state index contributed by atoms with van der Waals surface area (Å²) in [6.45, 7) is 2.08. The largest absolute Gasteiger partial charge is 0.349 e. The van der Waals surface area contributed by atoms with Crippen LogP contribution in [0.1, 0.15) is 32.1 Å². The second kappa shape index (κ2) is 3.05. The van der Waals surface area contributed by atoms with Crippen molar-refractivity contribution in [2.45, 2.75) is 37.6 Å². The van der Waals surface area contributed by atoms with Gasteiger partial charge in [0.1, 0.15) is 0 Å². The summed E-state index contributed by atoms with van der Waals surface area (Å²) >= 11 is 0. The molecule has 3 nitrogen and oxygen atoms in total. The zero-order valence-corrected chi connectivity index (χ0v) is 7.36. The summed E-state index contributed by atoms with van der Waals surface area (Å²) in [4.78, 5) is 11.2. The van der Waals surface area contributed by atoms with Crippen LogP contribution in [0.3, 0.4) is 0 Å². The molecule has 0 saturated carbocycles. The Hall–Kier alpha value is -0.570. The molecule has 1 spiro atoms. The quantitative estimate of drug-likeness (QED) is 0.550. The highest BCUT2D eigenvalue weighted by molar-refractivity contribution is 5.77. The van der Waals surface area contributed by atoms with Gasteiger partial charge in [0, 0.05) is 13.0 Å². The minimum atomic E-state index is 0.119. The highest BCUT2D eigenvalue weighted by Crippen LogP contribution is 2.26. The number of amides is 1. The second-order valence-electron chi connectivity index (χ2n) is 3.96. The summed E-state index contributed by atoms with van der Waals surface area (Å²) in [5, 5.41) is 6.48. The molecular weight excluding hydrogens is 152 g/mol. The Balaban J connectivity index is 2.02. The van der Waals surface area contributed by atoms with Crippen molar-refractivity contribution in [1.82, 2.24) is 10.6 Å². The van der Waals surface area contributed by atoms with Gasteiger partial charge in [0.05, 0.1) is 5.54 Å². The summed E-state index contributed by atoms with van der Waals surface area (Å²) in [7, 11) is 0. The SMILES string of the molecule is O=C1CCCC2(CCCNC2)N1. The second-order valence-corrected chi connectivity index (χ2v) is 3.96.